The van der Waals surface area contributed by atoms with Crippen LogP contribution < -0.4 is 10.1 Å². The van der Waals surface area contributed by atoms with Crippen molar-refractivity contribution in [3.63, 3.8) is 0 Å². The van der Waals surface area contributed by atoms with E-state index in [0.717, 1.165) is 20.1 Å². The minimum Gasteiger partial charge on any atom is -0.483 e. The van der Waals surface area contributed by atoms with Gasteiger partial charge in [-0.05, 0) is 39.7 Å². The first kappa shape index (κ1) is 15.0. The van der Waals surface area contributed by atoms with Gasteiger partial charge in [-0.15, -0.1) is 11.3 Å². The molecule has 1 heterocycles. The number of rotatable bonds is 4. The molecule has 0 saturated heterocycles. The number of halogens is 1. The number of aromatic nitrogens is 1. The molecular formula is C16H13BrN2O2S. The number of benzene rings is 2. The number of aryl methyl sites for hydroxylation is 1. The average Bonchev–Trinajstić information content (AvgIpc) is 2.92. The molecule has 0 spiro atoms. The Labute approximate surface area is 140 Å². The lowest BCUT2D eigenvalue weighted by Crippen LogP contribution is -2.20. The van der Waals surface area contributed by atoms with Crippen molar-refractivity contribution in [3.05, 3.63) is 51.9 Å². The van der Waals surface area contributed by atoms with Crippen molar-refractivity contribution >= 4 is 49.1 Å². The van der Waals surface area contributed by atoms with E-state index in [0.29, 0.717) is 10.9 Å². The zero-order valence-electron chi connectivity index (χ0n) is 11.8. The summed E-state index contributed by atoms with van der Waals surface area (Å²) in [6, 6.07) is 11.8. The van der Waals surface area contributed by atoms with Gasteiger partial charge < -0.3 is 4.74 Å². The highest BCUT2D eigenvalue weighted by Crippen LogP contribution is 2.33. The summed E-state index contributed by atoms with van der Waals surface area (Å²) in [6.45, 7) is 1.88. The summed E-state index contributed by atoms with van der Waals surface area (Å²) >= 11 is 4.97. The lowest BCUT2D eigenvalue weighted by atomic mass is 10.1. The predicted octanol–water partition coefficient (Wildman–Crippen LogP) is 4.38. The Hall–Kier alpha value is -1.92. The second kappa shape index (κ2) is 6.46. The summed E-state index contributed by atoms with van der Waals surface area (Å²) in [7, 11) is 0. The van der Waals surface area contributed by atoms with Crippen molar-refractivity contribution in [3.8, 4) is 5.75 Å². The highest BCUT2D eigenvalue weighted by Gasteiger charge is 2.10. The van der Waals surface area contributed by atoms with E-state index in [1.807, 2.05) is 43.3 Å². The summed E-state index contributed by atoms with van der Waals surface area (Å²) in [5, 5.41) is 5.47. The normalized spacial score (nSPS) is 10.6. The molecule has 0 aliphatic heterocycles. The zero-order chi connectivity index (χ0) is 15.5. The number of hydrogen-bond donors (Lipinski definition) is 1. The molecule has 1 amide bonds. The number of amides is 1. The van der Waals surface area contributed by atoms with Gasteiger partial charge in [-0.25, -0.2) is 4.98 Å². The molecule has 1 aromatic heterocycles. The van der Waals surface area contributed by atoms with E-state index in [-0.39, 0.29) is 12.5 Å². The van der Waals surface area contributed by atoms with Crippen LogP contribution in [0.3, 0.4) is 0 Å². The van der Waals surface area contributed by atoms with Gasteiger partial charge in [0.15, 0.2) is 11.7 Å². The Balaban J connectivity index is 1.68. The first-order valence-electron chi connectivity index (χ1n) is 6.66. The third-order valence-electron chi connectivity index (χ3n) is 3.05. The molecule has 1 N–H and O–H groups in total. The number of hydrogen-bond acceptors (Lipinski definition) is 4. The fourth-order valence-electron chi connectivity index (χ4n) is 2.04. The van der Waals surface area contributed by atoms with Crippen LogP contribution in [0.1, 0.15) is 4.88 Å². The number of nitrogens with one attached hydrogen (secondary N) is 1. The Morgan fingerprint density at radius 3 is 2.91 bits per heavy atom. The summed E-state index contributed by atoms with van der Waals surface area (Å²) in [5.41, 5.74) is 0. The van der Waals surface area contributed by atoms with Crippen molar-refractivity contribution in [1.29, 1.82) is 0 Å². The molecule has 0 aliphatic carbocycles. The molecular weight excluding hydrogens is 364 g/mol. The average molecular weight is 377 g/mol. The standard InChI is InChI=1S/C16H13BrN2O2S/c1-10-8-18-16(22-10)19-14(20)9-21-13-7-6-11-4-2-3-5-12(11)15(13)17/h2-8H,9H2,1H3,(H,18,19,20). The summed E-state index contributed by atoms with van der Waals surface area (Å²) in [6.07, 6.45) is 1.72. The molecule has 112 valence electrons. The van der Waals surface area contributed by atoms with Crippen molar-refractivity contribution in [2.75, 3.05) is 11.9 Å². The highest BCUT2D eigenvalue weighted by atomic mass is 79.9. The molecule has 0 atom stereocenters. The number of ether oxygens (including phenoxy) is 1. The van der Waals surface area contributed by atoms with Crippen LogP contribution in [0, 0.1) is 6.92 Å². The third-order valence-corrected chi connectivity index (χ3v) is 4.70. The topological polar surface area (TPSA) is 51.2 Å². The molecule has 0 bridgehead atoms. The number of anilines is 1. The first-order valence-corrected chi connectivity index (χ1v) is 8.27. The van der Waals surface area contributed by atoms with E-state index < -0.39 is 0 Å². The van der Waals surface area contributed by atoms with Gasteiger partial charge in [0, 0.05) is 11.1 Å². The van der Waals surface area contributed by atoms with Crippen LogP contribution in [0.15, 0.2) is 47.1 Å². The van der Waals surface area contributed by atoms with Gasteiger partial charge >= 0.3 is 0 Å². The van der Waals surface area contributed by atoms with E-state index in [4.69, 9.17) is 4.74 Å². The fourth-order valence-corrected chi connectivity index (χ4v) is 3.32. The van der Waals surface area contributed by atoms with Gasteiger partial charge in [0.25, 0.3) is 5.91 Å². The van der Waals surface area contributed by atoms with Gasteiger partial charge in [0.2, 0.25) is 0 Å². The smallest absolute Gasteiger partial charge is 0.264 e. The summed E-state index contributed by atoms with van der Waals surface area (Å²) in [4.78, 5) is 17.0. The Kier molecular flexibility index (Phi) is 4.40. The van der Waals surface area contributed by atoms with Crippen LogP contribution in [-0.4, -0.2) is 17.5 Å². The minimum absolute atomic E-state index is 0.0600. The van der Waals surface area contributed by atoms with Crippen molar-refractivity contribution in [1.82, 2.24) is 4.98 Å². The van der Waals surface area contributed by atoms with Crippen LogP contribution in [0.4, 0.5) is 5.13 Å². The third kappa shape index (κ3) is 3.28. The number of fused-ring (bicyclic) bond motifs is 1. The lowest BCUT2D eigenvalue weighted by Gasteiger charge is -2.10. The highest BCUT2D eigenvalue weighted by molar-refractivity contribution is 9.10. The van der Waals surface area contributed by atoms with Gasteiger partial charge in [0.05, 0.1) is 4.47 Å². The van der Waals surface area contributed by atoms with E-state index in [1.165, 1.54) is 11.3 Å². The molecule has 0 aliphatic rings. The SMILES string of the molecule is Cc1cnc(NC(=O)COc2ccc3ccccc3c2Br)s1. The lowest BCUT2D eigenvalue weighted by molar-refractivity contribution is -0.118. The Morgan fingerprint density at radius 1 is 1.32 bits per heavy atom. The van der Waals surface area contributed by atoms with Crippen LogP contribution >= 0.6 is 27.3 Å². The van der Waals surface area contributed by atoms with Gasteiger partial charge in [0.1, 0.15) is 5.75 Å². The molecule has 0 radical (unpaired) electrons. The van der Waals surface area contributed by atoms with E-state index in [1.54, 1.807) is 6.20 Å². The largest absolute Gasteiger partial charge is 0.483 e. The Morgan fingerprint density at radius 2 is 2.14 bits per heavy atom. The van der Waals surface area contributed by atoms with Crippen LogP contribution in [0.2, 0.25) is 0 Å². The van der Waals surface area contributed by atoms with Gasteiger partial charge in [-0.1, -0.05) is 30.3 Å². The zero-order valence-corrected chi connectivity index (χ0v) is 14.2. The maximum Gasteiger partial charge on any atom is 0.264 e. The summed E-state index contributed by atoms with van der Waals surface area (Å²) < 4.78 is 6.45. The fraction of sp³-hybridized carbons (Fsp3) is 0.125. The van der Waals surface area contributed by atoms with Crippen molar-refractivity contribution < 1.29 is 9.53 Å². The number of carbonyl (C=O) groups excluding carboxylic acids is 1. The molecule has 0 saturated carbocycles. The van der Waals surface area contributed by atoms with Crippen LogP contribution in [-0.2, 0) is 4.79 Å². The predicted molar refractivity (Wildman–Crippen MR) is 92.6 cm³/mol. The van der Waals surface area contributed by atoms with Gasteiger partial charge in [-0.2, -0.15) is 0 Å². The molecule has 0 unspecified atom stereocenters. The number of nitrogens with zero attached hydrogens (tertiary/aromatic N) is 1. The summed E-state index contributed by atoms with van der Waals surface area (Å²) in [5.74, 6) is 0.415. The minimum atomic E-state index is -0.227. The van der Waals surface area contributed by atoms with Crippen molar-refractivity contribution in [2.45, 2.75) is 6.92 Å². The van der Waals surface area contributed by atoms with E-state index in [9.17, 15) is 4.79 Å². The molecule has 2 aromatic carbocycles. The molecule has 3 rings (SSSR count). The quantitative estimate of drug-likeness (QED) is 0.734. The number of carbonyl (C=O) groups is 1. The number of thiazole rings is 1. The maximum absolute atomic E-state index is 11.9. The van der Waals surface area contributed by atoms with E-state index >= 15 is 0 Å². The second-order valence-electron chi connectivity index (χ2n) is 4.71. The Bertz CT molecular complexity index is 832. The van der Waals surface area contributed by atoms with Crippen LogP contribution in [0.5, 0.6) is 5.75 Å². The first-order chi connectivity index (χ1) is 10.6. The molecule has 0 fully saturated rings. The molecule has 3 aromatic rings. The second-order valence-corrected chi connectivity index (χ2v) is 6.74. The van der Waals surface area contributed by atoms with E-state index in [2.05, 4.69) is 26.2 Å². The molecule has 4 nitrogen and oxygen atoms in total. The monoisotopic (exact) mass is 376 g/mol. The van der Waals surface area contributed by atoms with Crippen LogP contribution in [0.25, 0.3) is 10.8 Å². The van der Waals surface area contributed by atoms with Crippen molar-refractivity contribution in [2.24, 2.45) is 0 Å². The van der Waals surface area contributed by atoms with Gasteiger partial charge in [-0.3, -0.25) is 10.1 Å². The molecule has 6 heteroatoms. The maximum atomic E-state index is 11.9. The molecule has 22 heavy (non-hydrogen) atoms.